The summed E-state index contributed by atoms with van der Waals surface area (Å²) in [4.78, 5) is 44.0. The average Bonchev–Trinajstić information content (AvgIpc) is 3.66. The molecule has 2 amide bonds. The summed E-state index contributed by atoms with van der Waals surface area (Å²) in [5.74, 6) is -1.39. The second kappa shape index (κ2) is 15.1. The molecule has 2 aliphatic heterocycles. The number of likely N-dealkylation sites (tertiary alicyclic amines) is 1. The molecule has 3 aliphatic rings. The molecule has 1 aliphatic carbocycles. The van der Waals surface area contributed by atoms with E-state index in [-0.39, 0.29) is 42.3 Å². The molecule has 2 aromatic carbocycles. The monoisotopic (exact) mass is 697 g/mol. The van der Waals surface area contributed by atoms with Crippen molar-refractivity contribution in [1.29, 1.82) is 0 Å². The molecule has 270 valence electrons. The van der Waals surface area contributed by atoms with E-state index in [4.69, 9.17) is 4.74 Å². The first-order valence-electron chi connectivity index (χ1n) is 17.5. The molecule has 0 radical (unpaired) electrons. The number of carbonyl (C=O) groups excluding carboxylic acids is 2. The van der Waals surface area contributed by atoms with Crippen LogP contribution in [0.2, 0.25) is 0 Å². The number of benzene rings is 2. The minimum absolute atomic E-state index is 0.0109. The van der Waals surface area contributed by atoms with Gasteiger partial charge >= 0.3 is 12.1 Å². The van der Waals surface area contributed by atoms with Gasteiger partial charge in [-0.3, -0.25) is 24.2 Å². The van der Waals surface area contributed by atoms with Crippen LogP contribution in [0.5, 0.6) is 0 Å². The number of nitrogens with zero attached hydrogens (tertiary/aromatic N) is 4. The maximum Gasteiger partial charge on any atom is 0.401 e. The van der Waals surface area contributed by atoms with E-state index in [9.17, 15) is 32.7 Å². The fourth-order valence-corrected chi connectivity index (χ4v) is 7.85. The van der Waals surface area contributed by atoms with Gasteiger partial charge in [-0.2, -0.15) is 13.2 Å². The van der Waals surface area contributed by atoms with Crippen LogP contribution in [0.3, 0.4) is 0 Å². The van der Waals surface area contributed by atoms with Gasteiger partial charge in [0.15, 0.2) is 0 Å². The molecule has 3 heterocycles. The number of rotatable bonds is 10. The Balaban J connectivity index is 1.10. The first-order chi connectivity index (χ1) is 23.8. The third-order valence-corrected chi connectivity index (χ3v) is 10.6. The predicted octanol–water partition coefficient (Wildman–Crippen LogP) is 5.09. The number of nitrogens with one attached hydrogen (secondary N) is 1. The van der Waals surface area contributed by atoms with Gasteiger partial charge in [-0.15, -0.1) is 0 Å². The first kappa shape index (κ1) is 35.9. The Morgan fingerprint density at radius 3 is 2.40 bits per heavy atom. The van der Waals surface area contributed by atoms with Crippen molar-refractivity contribution in [2.75, 3.05) is 51.2 Å². The number of aryl methyl sites for hydroxylation is 2. The molecule has 13 heteroatoms. The van der Waals surface area contributed by atoms with Crippen LogP contribution in [0, 0.1) is 12.8 Å². The molecule has 6 rings (SSSR count). The number of carboxylic acids is 1. The van der Waals surface area contributed by atoms with Crippen LogP contribution in [0.1, 0.15) is 53.6 Å². The zero-order chi connectivity index (χ0) is 35.6. The van der Waals surface area contributed by atoms with E-state index in [1.54, 1.807) is 0 Å². The number of fused-ring (bicyclic) bond motifs is 1. The highest BCUT2D eigenvalue weighted by molar-refractivity contribution is 6.13. The van der Waals surface area contributed by atoms with Gasteiger partial charge in [0.05, 0.1) is 43.2 Å². The van der Waals surface area contributed by atoms with E-state index >= 15 is 0 Å². The number of piperazine rings is 1. The molecule has 1 aromatic heterocycles. The van der Waals surface area contributed by atoms with E-state index in [1.165, 1.54) is 4.90 Å². The van der Waals surface area contributed by atoms with Crippen molar-refractivity contribution in [1.82, 2.24) is 19.3 Å². The Bertz CT molecular complexity index is 1690. The number of aromatic nitrogens is 1. The highest BCUT2D eigenvalue weighted by atomic mass is 19.4. The van der Waals surface area contributed by atoms with Crippen LogP contribution in [0.15, 0.2) is 48.7 Å². The van der Waals surface area contributed by atoms with Crippen molar-refractivity contribution < 1.29 is 37.4 Å². The molecular formula is C37H46F3N5O5. The van der Waals surface area contributed by atoms with Crippen LogP contribution >= 0.6 is 0 Å². The Kier molecular flexibility index (Phi) is 10.8. The number of carboxylic acid groups (broad SMARTS) is 1. The van der Waals surface area contributed by atoms with Crippen molar-refractivity contribution in [2.24, 2.45) is 13.0 Å². The van der Waals surface area contributed by atoms with Crippen LogP contribution in [0.25, 0.3) is 10.9 Å². The predicted molar refractivity (Wildman–Crippen MR) is 183 cm³/mol. The van der Waals surface area contributed by atoms with Crippen molar-refractivity contribution >= 4 is 34.4 Å². The summed E-state index contributed by atoms with van der Waals surface area (Å²) in [5, 5.41) is 13.2. The average molecular weight is 698 g/mol. The van der Waals surface area contributed by atoms with E-state index in [1.807, 2.05) is 72.1 Å². The largest absolute Gasteiger partial charge is 0.481 e. The maximum atomic E-state index is 13.9. The van der Waals surface area contributed by atoms with Gasteiger partial charge in [0.25, 0.3) is 5.91 Å². The van der Waals surface area contributed by atoms with Gasteiger partial charge in [-0.25, -0.2) is 0 Å². The number of carbonyl (C=O) groups is 3. The van der Waals surface area contributed by atoms with Gasteiger partial charge in [0, 0.05) is 68.6 Å². The van der Waals surface area contributed by atoms with Crippen LogP contribution in [-0.4, -0.2) is 112 Å². The molecule has 3 aromatic rings. The normalized spacial score (nSPS) is 23.7. The topological polar surface area (TPSA) is 107 Å². The Morgan fingerprint density at radius 1 is 1.00 bits per heavy atom. The summed E-state index contributed by atoms with van der Waals surface area (Å²) in [6.45, 7) is 3.42. The second-order valence-electron chi connectivity index (χ2n) is 14.1. The third kappa shape index (κ3) is 8.50. The Hall–Kier alpha value is -3.94. The van der Waals surface area contributed by atoms with Crippen LogP contribution in [0.4, 0.5) is 18.9 Å². The second-order valence-corrected chi connectivity index (χ2v) is 14.1. The molecule has 3 fully saturated rings. The lowest BCUT2D eigenvalue weighted by atomic mass is 9.87. The fourth-order valence-electron chi connectivity index (χ4n) is 7.85. The zero-order valence-corrected chi connectivity index (χ0v) is 28.6. The number of hydrogen-bond acceptors (Lipinski definition) is 6. The van der Waals surface area contributed by atoms with E-state index < -0.39 is 18.7 Å². The highest BCUT2D eigenvalue weighted by Gasteiger charge is 2.40. The van der Waals surface area contributed by atoms with Gasteiger partial charge < -0.3 is 24.6 Å². The van der Waals surface area contributed by atoms with Gasteiger partial charge in [0.1, 0.15) is 0 Å². The number of amides is 2. The summed E-state index contributed by atoms with van der Waals surface area (Å²) < 4.78 is 47.1. The molecule has 0 spiro atoms. The molecule has 2 N–H and O–H groups in total. The van der Waals surface area contributed by atoms with Gasteiger partial charge in [0.2, 0.25) is 5.91 Å². The number of ether oxygens (including phenoxy) is 1. The minimum Gasteiger partial charge on any atom is -0.481 e. The number of hydrogen-bond donors (Lipinski definition) is 2. The summed E-state index contributed by atoms with van der Waals surface area (Å²) in [7, 11) is 1.90. The quantitative estimate of drug-likeness (QED) is 0.304. The molecule has 1 saturated carbocycles. The number of anilines is 1. The smallest absolute Gasteiger partial charge is 0.401 e. The van der Waals surface area contributed by atoms with E-state index in [2.05, 4.69) is 10.2 Å². The SMILES string of the molecule is Cc1cc(CC(=O)N2C[C@@H](N3CCN(CC(F)(F)F)CC3)C[C@H]2CO[C@H]2CC[C@H](C(=O)O)CC2)ccc1NC(=O)c1cn(C)c2ccccc12. The minimum atomic E-state index is -4.23. The molecule has 2 saturated heterocycles. The van der Waals surface area contributed by atoms with E-state index in [0.717, 1.165) is 22.0 Å². The van der Waals surface area contributed by atoms with Gasteiger partial charge in [-0.05, 0) is 62.3 Å². The van der Waals surface area contributed by atoms with Gasteiger partial charge in [-0.1, -0.05) is 30.3 Å². The van der Waals surface area contributed by atoms with Crippen molar-refractivity contribution in [3.8, 4) is 0 Å². The Morgan fingerprint density at radius 2 is 1.72 bits per heavy atom. The number of para-hydroxylation sites is 1. The first-order valence-corrected chi connectivity index (χ1v) is 17.5. The Labute approximate surface area is 290 Å². The molecule has 0 unspecified atom stereocenters. The summed E-state index contributed by atoms with van der Waals surface area (Å²) in [6.07, 6.45) is 0.783. The molecule has 0 bridgehead atoms. The zero-order valence-electron chi connectivity index (χ0n) is 28.6. The lowest BCUT2D eigenvalue weighted by molar-refractivity contribution is -0.150. The fraction of sp³-hybridized carbons (Fsp3) is 0.541. The third-order valence-electron chi connectivity index (χ3n) is 10.6. The lowest BCUT2D eigenvalue weighted by Gasteiger charge is -2.38. The van der Waals surface area contributed by atoms with Crippen LogP contribution < -0.4 is 5.32 Å². The molecule has 50 heavy (non-hydrogen) atoms. The number of aliphatic carboxylic acids is 1. The highest BCUT2D eigenvalue weighted by Crippen LogP contribution is 2.30. The lowest BCUT2D eigenvalue weighted by Crippen LogP contribution is -2.52. The van der Waals surface area contributed by atoms with Crippen molar-refractivity contribution in [2.45, 2.75) is 69.8 Å². The summed E-state index contributed by atoms with van der Waals surface area (Å²) >= 11 is 0. The molecule has 2 atom stereocenters. The molecular weight excluding hydrogens is 651 g/mol. The standard InChI is InChI=1S/C37H46F3N5O5/c1-24-17-25(7-12-32(24)41-35(47)31-21-42(2)33-6-4-3-5-30(31)33)18-34(46)45-20-27(44-15-13-43(14-16-44)23-37(38,39)40)19-28(45)22-50-29-10-8-26(9-11-29)36(48)49/h3-7,12,17,21,26-29H,8-11,13-16,18-20,22-23H2,1-2H3,(H,41,47)(H,48,49)/t26-,27-,28-,29-/m0/s1. The molecule has 10 nitrogen and oxygen atoms in total. The summed E-state index contributed by atoms with van der Waals surface area (Å²) in [5.41, 5.74) is 3.85. The van der Waals surface area contributed by atoms with Crippen molar-refractivity contribution in [3.05, 3.63) is 65.4 Å². The van der Waals surface area contributed by atoms with Crippen molar-refractivity contribution in [3.63, 3.8) is 0 Å². The maximum absolute atomic E-state index is 13.9. The number of halogens is 3. The van der Waals surface area contributed by atoms with Crippen LogP contribution in [-0.2, 0) is 27.8 Å². The van der Waals surface area contributed by atoms with E-state index in [0.29, 0.717) is 82.7 Å². The number of alkyl halides is 3. The summed E-state index contributed by atoms with van der Waals surface area (Å²) in [6, 6.07) is 13.1.